The van der Waals surface area contributed by atoms with Crippen molar-refractivity contribution >= 4 is 39.7 Å². The van der Waals surface area contributed by atoms with Gasteiger partial charge in [0.25, 0.3) is 0 Å². The van der Waals surface area contributed by atoms with Gasteiger partial charge in [-0.2, -0.15) is 10.2 Å². The number of aryl methyl sites for hydroxylation is 1. The van der Waals surface area contributed by atoms with Gasteiger partial charge in [0, 0.05) is 16.6 Å². The van der Waals surface area contributed by atoms with E-state index in [0.717, 1.165) is 22.2 Å². The van der Waals surface area contributed by atoms with Gasteiger partial charge < -0.3 is 10.4 Å². The molecule has 32 heavy (non-hydrogen) atoms. The Balaban J connectivity index is 1.45. The molecule has 0 bridgehead atoms. The van der Waals surface area contributed by atoms with Crippen molar-refractivity contribution in [1.82, 2.24) is 24.4 Å². The first-order chi connectivity index (χ1) is 15.5. The number of carboxylic acid groups (broad SMARTS) is 1. The van der Waals surface area contributed by atoms with Crippen LogP contribution >= 0.6 is 0 Å². The fourth-order valence-electron chi connectivity index (χ4n) is 3.73. The number of rotatable bonds is 5. The second kappa shape index (κ2) is 7.65. The van der Waals surface area contributed by atoms with E-state index < -0.39 is 6.09 Å². The van der Waals surface area contributed by atoms with Crippen LogP contribution in [0.1, 0.15) is 11.1 Å². The minimum Gasteiger partial charge on any atom is -0.465 e. The van der Waals surface area contributed by atoms with Gasteiger partial charge in [-0.1, -0.05) is 12.1 Å². The van der Waals surface area contributed by atoms with Gasteiger partial charge in [0.05, 0.1) is 30.1 Å². The largest absolute Gasteiger partial charge is 0.465 e. The van der Waals surface area contributed by atoms with E-state index >= 15 is 0 Å². The molecule has 2 aromatic carbocycles. The summed E-state index contributed by atoms with van der Waals surface area (Å²) in [5.41, 5.74) is 4.35. The predicted octanol–water partition coefficient (Wildman–Crippen LogP) is 4.41. The van der Waals surface area contributed by atoms with Crippen LogP contribution in [0, 0.1) is 12.7 Å². The quantitative estimate of drug-likeness (QED) is 0.380. The Hall–Kier alpha value is -4.47. The van der Waals surface area contributed by atoms with Crippen LogP contribution in [0.15, 0.2) is 61.2 Å². The molecule has 0 spiro atoms. The van der Waals surface area contributed by atoms with Gasteiger partial charge in [-0.3, -0.25) is 10.00 Å². The number of halogens is 1. The molecule has 10 heteroatoms. The summed E-state index contributed by atoms with van der Waals surface area (Å²) in [6.45, 7) is 2.26. The summed E-state index contributed by atoms with van der Waals surface area (Å²) in [4.78, 5) is 15.4. The zero-order valence-corrected chi connectivity index (χ0v) is 17.0. The standard InChI is InChI=1S/C22H18FN7O2/c1-13-18(28-22(31)32)11-30-20(13)21(24-12-26-30)27-17-5-6-19-15(8-17)9-25-29(19)10-14-3-2-4-16(23)7-14/h2-9,11-12,28H,10H2,1H3,(H,31,32)(H,24,26,27). The lowest BCUT2D eigenvalue weighted by Gasteiger charge is -2.09. The van der Waals surface area contributed by atoms with Crippen LogP contribution in [-0.4, -0.2) is 35.6 Å². The second-order valence-electron chi connectivity index (χ2n) is 7.33. The van der Waals surface area contributed by atoms with Gasteiger partial charge in [0.1, 0.15) is 17.7 Å². The molecule has 1 amide bonds. The Labute approximate surface area is 181 Å². The smallest absolute Gasteiger partial charge is 0.409 e. The molecule has 3 aromatic heterocycles. The zero-order chi connectivity index (χ0) is 22.2. The minimum atomic E-state index is -1.15. The highest BCUT2D eigenvalue weighted by molar-refractivity contribution is 5.90. The van der Waals surface area contributed by atoms with Gasteiger partial charge in [-0.15, -0.1) is 0 Å². The van der Waals surface area contributed by atoms with E-state index in [9.17, 15) is 9.18 Å². The number of fused-ring (bicyclic) bond motifs is 2. The van der Waals surface area contributed by atoms with Crippen LogP contribution in [0.3, 0.4) is 0 Å². The minimum absolute atomic E-state index is 0.274. The SMILES string of the molecule is Cc1c(NC(=O)O)cn2ncnc(Nc3ccc4c(cnn4Cc4cccc(F)c4)c3)c12. The fraction of sp³-hybridized carbons (Fsp3) is 0.0909. The average molecular weight is 431 g/mol. The van der Waals surface area contributed by atoms with Crippen molar-refractivity contribution in [3.8, 4) is 0 Å². The normalized spacial score (nSPS) is 11.2. The summed E-state index contributed by atoms with van der Waals surface area (Å²) in [7, 11) is 0. The maximum Gasteiger partial charge on any atom is 0.409 e. The molecule has 5 rings (SSSR count). The Morgan fingerprint density at radius 3 is 2.88 bits per heavy atom. The van der Waals surface area contributed by atoms with Crippen LogP contribution in [0.4, 0.5) is 26.4 Å². The van der Waals surface area contributed by atoms with Crippen molar-refractivity contribution in [3.05, 3.63) is 78.1 Å². The van der Waals surface area contributed by atoms with Crippen LogP contribution in [0.2, 0.25) is 0 Å². The summed E-state index contributed by atoms with van der Waals surface area (Å²) in [5, 5.41) is 24.2. The maximum atomic E-state index is 13.5. The highest BCUT2D eigenvalue weighted by atomic mass is 19.1. The van der Waals surface area contributed by atoms with Crippen molar-refractivity contribution in [2.45, 2.75) is 13.5 Å². The number of nitrogens with zero attached hydrogens (tertiary/aromatic N) is 5. The lowest BCUT2D eigenvalue weighted by molar-refractivity contribution is 0.209. The first-order valence-corrected chi connectivity index (χ1v) is 9.78. The van der Waals surface area contributed by atoms with Crippen molar-refractivity contribution in [2.24, 2.45) is 0 Å². The molecule has 3 N–H and O–H groups in total. The molecular formula is C22H18FN7O2. The molecule has 0 aliphatic rings. The van der Waals surface area contributed by atoms with Crippen molar-refractivity contribution < 1.29 is 14.3 Å². The van der Waals surface area contributed by atoms with E-state index in [0.29, 0.717) is 29.1 Å². The Morgan fingerprint density at radius 2 is 2.06 bits per heavy atom. The lowest BCUT2D eigenvalue weighted by Crippen LogP contribution is -2.07. The highest BCUT2D eigenvalue weighted by Crippen LogP contribution is 2.29. The second-order valence-corrected chi connectivity index (χ2v) is 7.33. The first-order valence-electron chi connectivity index (χ1n) is 9.78. The Morgan fingerprint density at radius 1 is 1.19 bits per heavy atom. The number of aromatic nitrogens is 5. The van der Waals surface area contributed by atoms with E-state index in [1.807, 2.05) is 28.9 Å². The van der Waals surface area contributed by atoms with E-state index in [1.54, 1.807) is 29.9 Å². The molecule has 160 valence electrons. The number of benzene rings is 2. The van der Waals surface area contributed by atoms with Gasteiger partial charge in [-0.05, 0) is 42.8 Å². The highest BCUT2D eigenvalue weighted by Gasteiger charge is 2.15. The summed E-state index contributed by atoms with van der Waals surface area (Å²) in [5.74, 6) is 0.270. The van der Waals surface area contributed by atoms with Gasteiger partial charge in [0.2, 0.25) is 0 Å². The van der Waals surface area contributed by atoms with E-state index in [4.69, 9.17) is 5.11 Å². The molecule has 0 fully saturated rings. The Kier molecular flexibility index (Phi) is 4.66. The van der Waals surface area contributed by atoms with Gasteiger partial charge in [0.15, 0.2) is 5.82 Å². The number of anilines is 3. The predicted molar refractivity (Wildman–Crippen MR) is 118 cm³/mol. The molecule has 0 saturated carbocycles. The van der Waals surface area contributed by atoms with Crippen LogP contribution in [0.25, 0.3) is 16.4 Å². The molecule has 0 aliphatic heterocycles. The van der Waals surface area contributed by atoms with Crippen molar-refractivity contribution in [1.29, 1.82) is 0 Å². The number of carbonyl (C=O) groups is 1. The molecule has 5 aromatic rings. The first kappa shape index (κ1) is 19.5. The van der Waals surface area contributed by atoms with Crippen LogP contribution < -0.4 is 10.6 Å². The molecule has 0 saturated heterocycles. The summed E-state index contributed by atoms with van der Waals surface area (Å²) < 4.78 is 16.9. The molecule has 0 atom stereocenters. The van der Waals surface area contributed by atoms with Gasteiger partial charge >= 0.3 is 6.09 Å². The molecule has 9 nitrogen and oxygen atoms in total. The van der Waals surface area contributed by atoms with Gasteiger partial charge in [-0.25, -0.2) is 18.7 Å². The summed E-state index contributed by atoms with van der Waals surface area (Å²) >= 11 is 0. The zero-order valence-electron chi connectivity index (χ0n) is 17.0. The number of hydrogen-bond acceptors (Lipinski definition) is 5. The molecule has 0 unspecified atom stereocenters. The van der Waals surface area contributed by atoms with Crippen molar-refractivity contribution in [3.63, 3.8) is 0 Å². The fourth-order valence-corrected chi connectivity index (χ4v) is 3.73. The monoisotopic (exact) mass is 431 g/mol. The van der Waals surface area contributed by atoms with E-state index in [1.165, 1.54) is 18.5 Å². The van der Waals surface area contributed by atoms with Crippen molar-refractivity contribution in [2.75, 3.05) is 10.6 Å². The summed E-state index contributed by atoms with van der Waals surface area (Å²) in [6, 6.07) is 12.2. The Bertz CT molecular complexity index is 1470. The third-order valence-electron chi connectivity index (χ3n) is 5.19. The third-order valence-corrected chi connectivity index (χ3v) is 5.19. The average Bonchev–Trinajstić information content (AvgIpc) is 3.29. The number of nitrogens with one attached hydrogen (secondary N) is 2. The third kappa shape index (κ3) is 3.58. The topological polar surface area (TPSA) is 109 Å². The molecular weight excluding hydrogens is 413 g/mol. The molecule has 0 radical (unpaired) electrons. The maximum absolute atomic E-state index is 13.5. The van der Waals surface area contributed by atoms with E-state index in [2.05, 4.69) is 25.8 Å². The molecule has 3 heterocycles. The van der Waals surface area contributed by atoms with Crippen LogP contribution in [0.5, 0.6) is 0 Å². The number of hydrogen-bond donors (Lipinski definition) is 3. The lowest BCUT2D eigenvalue weighted by atomic mass is 10.2. The van der Waals surface area contributed by atoms with Crippen LogP contribution in [-0.2, 0) is 6.54 Å². The summed E-state index contributed by atoms with van der Waals surface area (Å²) in [6.07, 6.45) is 3.61. The van der Waals surface area contributed by atoms with E-state index in [-0.39, 0.29) is 5.82 Å². The number of amides is 1. The molecule has 0 aliphatic carbocycles.